The summed E-state index contributed by atoms with van der Waals surface area (Å²) in [4.78, 5) is 22.2. The first kappa shape index (κ1) is 25.2. The van der Waals surface area contributed by atoms with Crippen molar-refractivity contribution in [2.24, 2.45) is 4.99 Å². The summed E-state index contributed by atoms with van der Waals surface area (Å²) in [5.41, 5.74) is 1.20. The molecule has 9 heteroatoms. The molecule has 1 atom stereocenters. The van der Waals surface area contributed by atoms with Crippen LogP contribution in [0.2, 0.25) is 0 Å². The second-order valence-electron chi connectivity index (χ2n) is 6.63. The molecule has 2 rings (SSSR count). The first-order valence-electron chi connectivity index (χ1n) is 9.24. The molecule has 0 aliphatic heterocycles. The van der Waals surface area contributed by atoms with Gasteiger partial charge in [-0.3, -0.25) is 4.79 Å². The first-order chi connectivity index (χ1) is 13.5. The Balaban J connectivity index is 0.00000420. The molecule has 1 amide bonds. The van der Waals surface area contributed by atoms with Crippen molar-refractivity contribution in [1.29, 1.82) is 0 Å². The van der Waals surface area contributed by atoms with E-state index in [9.17, 15) is 4.79 Å². The molecule has 0 bridgehead atoms. The molecule has 160 valence electrons. The number of thiazole rings is 1. The molecule has 0 fully saturated rings. The number of hydrogen-bond acceptors (Lipinski definition) is 5. The molecule has 1 aromatic carbocycles. The summed E-state index contributed by atoms with van der Waals surface area (Å²) in [6.45, 7) is 3.63. The molecule has 0 aliphatic rings. The molecule has 0 radical (unpaired) electrons. The molecule has 1 heterocycles. The minimum atomic E-state index is -0.0378. The zero-order chi connectivity index (χ0) is 20.4. The number of halogens is 1. The number of nitrogens with zero attached hydrogens (tertiary/aromatic N) is 3. The van der Waals surface area contributed by atoms with Gasteiger partial charge < -0.3 is 20.3 Å². The van der Waals surface area contributed by atoms with Crippen molar-refractivity contribution in [1.82, 2.24) is 20.5 Å². The Kier molecular flexibility index (Phi) is 11.6. The van der Waals surface area contributed by atoms with Crippen molar-refractivity contribution in [3.05, 3.63) is 46.4 Å². The number of aromatic nitrogens is 1. The number of carbonyl (C=O) groups excluding carboxylic acids is 1. The lowest BCUT2D eigenvalue weighted by atomic mass is 10.1. The van der Waals surface area contributed by atoms with Crippen LogP contribution in [0.1, 0.15) is 23.4 Å². The van der Waals surface area contributed by atoms with Crippen LogP contribution in [0.15, 0.2) is 40.8 Å². The molecule has 0 aliphatic carbocycles. The lowest BCUT2D eigenvalue weighted by Gasteiger charge is -2.16. The van der Waals surface area contributed by atoms with Gasteiger partial charge in [-0.25, -0.2) is 9.98 Å². The van der Waals surface area contributed by atoms with E-state index in [1.54, 1.807) is 32.5 Å². The van der Waals surface area contributed by atoms with Crippen LogP contribution in [-0.4, -0.2) is 62.6 Å². The fraction of sp³-hybridized carbons (Fsp3) is 0.450. The van der Waals surface area contributed by atoms with Gasteiger partial charge in [0.1, 0.15) is 12.3 Å². The molecule has 0 saturated heterocycles. The number of amides is 1. The maximum absolute atomic E-state index is 11.9. The number of likely N-dealkylation sites (N-methyl/N-ethyl adjacent to an activating group) is 1. The standard InChI is InChI=1S/C20H29N5O2S.HI/c1-15(19-21-11-12-28-19)13-23-20(24-14-18(26)25(2)3)22-10-9-16-5-7-17(27-4)8-6-16;/h5-8,11-12,15H,9-10,13-14H2,1-4H3,(H2,22,23,24);1H. The van der Waals surface area contributed by atoms with E-state index in [0.717, 1.165) is 17.2 Å². The zero-order valence-corrected chi connectivity index (χ0v) is 20.5. The van der Waals surface area contributed by atoms with E-state index in [2.05, 4.69) is 27.5 Å². The van der Waals surface area contributed by atoms with Gasteiger partial charge in [0.25, 0.3) is 0 Å². The van der Waals surface area contributed by atoms with Crippen LogP contribution < -0.4 is 15.4 Å². The second kappa shape index (κ2) is 13.4. The van der Waals surface area contributed by atoms with Gasteiger partial charge in [0, 0.05) is 44.7 Å². The number of hydrogen-bond donors (Lipinski definition) is 2. The fourth-order valence-electron chi connectivity index (χ4n) is 2.39. The molecule has 1 aromatic heterocycles. The Morgan fingerprint density at radius 1 is 1.28 bits per heavy atom. The number of benzene rings is 1. The van der Waals surface area contributed by atoms with Crippen LogP contribution in [0.5, 0.6) is 5.75 Å². The van der Waals surface area contributed by atoms with Gasteiger partial charge in [-0.1, -0.05) is 19.1 Å². The average molecular weight is 531 g/mol. The van der Waals surface area contributed by atoms with E-state index < -0.39 is 0 Å². The van der Waals surface area contributed by atoms with Crippen LogP contribution in [-0.2, 0) is 11.2 Å². The van der Waals surface area contributed by atoms with Crippen molar-refractivity contribution in [2.75, 3.05) is 40.8 Å². The van der Waals surface area contributed by atoms with Crippen LogP contribution in [0.25, 0.3) is 0 Å². The topological polar surface area (TPSA) is 78.8 Å². The normalized spacial score (nSPS) is 11.9. The number of nitrogens with one attached hydrogen (secondary N) is 2. The number of guanidine groups is 1. The van der Waals surface area contributed by atoms with Crippen molar-refractivity contribution < 1.29 is 9.53 Å². The maximum Gasteiger partial charge on any atom is 0.243 e. The smallest absolute Gasteiger partial charge is 0.243 e. The highest BCUT2D eigenvalue weighted by molar-refractivity contribution is 14.0. The number of methoxy groups -OCH3 is 1. The third-order valence-electron chi connectivity index (χ3n) is 4.19. The van der Waals surface area contributed by atoms with Crippen molar-refractivity contribution in [2.45, 2.75) is 19.3 Å². The Bertz CT molecular complexity index is 751. The molecule has 2 N–H and O–H groups in total. The lowest BCUT2D eigenvalue weighted by Crippen LogP contribution is -2.41. The molecule has 0 spiro atoms. The van der Waals surface area contributed by atoms with E-state index in [-0.39, 0.29) is 42.3 Å². The monoisotopic (exact) mass is 531 g/mol. The summed E-state index contributed by atoms with van der Waals surface area (Å²) in [7, 11) is 5.12. The summed E-state index contributed by atoms with van der Waals surface area (Å²) in [6.07, 6.45) is 2.66. The van der Waals surface area contributed by atoms with Crippen molar-refractivity contribution in [3.8, 4) is 5.75 Å². The molecule has 2 aromatic rings. The largest absolute Gasteiger partial charge is 0.497 e. The van der Waals surface area contributed by atoms with Gasteiger partial charge in [-0.2, -0.15) is 0 Å². The highest BCUT2D eigenvalue weighted by Crippen LogP contribution is 2.16. The van der Waals surface area contributed by atoms with Crippen LogP contribution in [0.3, 0.4) is 0 Å². The van der Waals surface area contributed by atoms with E-state index in [4.69, 9.17) is 4.74 Å². The third kappa shape index (κ3) is 8.99. The summed E-state index contributed by atoms with van der Waals surface area (Å²) < 4.78 is 5.19. The van der Waals surface area contributed by atoms with Crippen LogP contribution in [0, 0.1) is 0 Å². The van der Waals surface area contributed by atoms with E-state index in [1.807, 2.05) is 35.8 Å². The number of ether oxygens (including phenoxy) is 1. The summed E-state index contributed by atoms with van der Waals surface area (Å²) in [6, 6.07) is 8.00. The number of rotatable bonds is 9. The van der Waals surface area contributed by atoms with Crippen molar-refractivity contribution in [3.63, 3.8) is 0 Å². The predicted molar refractivity (Wildman–Crippen MR) is 130 cm³/mol. The predicted octanol–water partition coefficient (Wildman–Crippen LogP) is 2.74. The highest BCUT2D eigenvalue weighted by atomic mass is 127. The quantitative estimate of drug-likeness (QED) is 0.296. The van der Waals surface area contributed by atoms with Gasteiger partial charge in [-0.15, -0.1) is 35.3 Å². The van der Waals surface area contributed by atoms with E-state index >= 15 is 0 Å². The molecule has 29 heavy (non-hydrogen) atoms. The Morgan fingerprint density at radius 3 is 2.59 bits per heavy atom. The molecule has 7 nitrogen and oxygen atoms in total. The van der Waals surface area contributed by atoms with Crippen LogP contribution in [0.4, 0.5) is 0 Å². The highest BCUT2D eigenvalue weighted by Gasteiger charge is 2.10. The summed E-state index contributed by atoms with van der Waals surface area (Å²) in [5.74, 6) is 1.70. The first-order valence-corrected chi connectivity index (χ1v) is 10.1. The van der Waals surface area contributed by atoms with Gasteiger partial charge in [0.15, 0.2) is 5.96 Å². The fourth-order valence-corrected chi connectivity index (χ4v) is 3.09. The molecule has 1 unspecified atom stereocenters. The van der Waals surface area contributed by atoms with Gasteiger partial charge in [-0.05, 0) is 24.1 Å². The lowest BCUT2D eigenvalue weighted by molar-refractivity contribution is -0.127. The van der Waals surface area contributed by atoms with Gasteiger partial charge in [0.2, 0.25) is 5.91 Å². The zero-order valence-electron chi connectivity index (χ0n) is 17.3. The molecule has 0 saturated carbocycles. The van der Waals surface area contributed by atoms with Crippen LogP contribution >= 0.6 is 35.3 Å². The SMILES string of the molecule is COc1ccc(CCNC(=NCC(=O)N(C)C)NCC(C)c2nccs2)cc1.I. The third-order valence-corrected chi connectivity index (χ3v) is 5.19. The summed E-state index contributed by atoms with van der Waals surface area (Å²) in [5, 5.41) is 9.69. The Morgan fingerprint density at radius 2 is 2.00 bits per heavy atom. The minimum Gasteiger partial charge on any atom is -0.497 e. The Labute approximate surface area is 194 Å². The van der Waals surface area contributed by atoms with E-state index in [1.165, 1.54) is 10.5 Å². The summed E-state index contributed by atoms with van der Waals surface area (Å²) >= 11 is 1.64. The number of aliphatic imine (C=N–C) groups is 1. The van der Waals surface area contributed by atoms with Crippen molar-refractivity contribution >= 4 is 47.2 Å². The van der Waals surface area contributed by atoms with Gasteiger partial charge in [0.05, 0.1) is 12.1 Å². The van der Waals surface area contributed by atoms with E-state index in [0.29, 0.717) is 19.0 Å². The minimum absolute atomic E-state index is 0. The molecular weight excluding hydrogens is 501 g/mol. The van der Waals surface area contributed by atoms with Gasteiger partial charge >= 0.3 is 0 Å². The second-order valence-corrected chi connectivity index (χ2v) is 7.56. The Hall–Kier alpha value is -1.88. The molecular formula is C20H30IN5O2S. The maximum atomic E-state index is 11.9. The average Bonchev–Trinajstić information content (AvgIpc) is 3.24. The number of carbonyl (C=O) groups is 1.